The first kappa shape index (κ1) is 12.2. The first-order chi connectivity index (χ1) is 8.73. The molecule has 0 radical (unpaired) electrons. The summed E-state index contributed by atoms with van der Waals surface area (Å²) in [7, 11) is 0. The SMILES string of the molecule is OC1(CN2CC(Cc3ccco3)C2)CCCOC1. The summed E-state index contributed by atoms with van der Waals surface area (Å²) in [5, 5.41) is 10.4. The molecule has 0 bridgehead atoms. The van der Waals surface area contributed by atoms with Crippen LogP contribution in [0.25, 0.3) is 0 Å². The monoisotopic (exact) mass is 251 g/mol. The van der Waals surface area contributed by atoms with E-state index in [0.29, 0.717) is 12.5 Å². The Bertz CT molecular complexity index is 364. The van der Waals surface area contributed by atoms with Crippen LogP contribution in [-0.2, 0) is 11.2 Å². The van der Waals surface area contributed by atoms with E-state index < -0.39 is 5.60 Å². The molecule has 1 atom stereocenters. The van der Waals surface area contributed by atoms with Crippen molar-refractivity contribution in [2.75, 3.05) is 32.8 Å². The fourth-order valence-electron chi connectivity index (χ4n) is 3.03. The average Bonchev–Trinajstić information content (AvgIpc) is 2.80. The number of furan rings is 1. The van der Waals surface area contributed by atoms with Gasteiger partial charge in [-0.2, -0.15) is 0 Å². The van der Waals surface area contributed by atoms with Gasteiger partial charge in [0.25, 0.3) is 0 Å². The average molecular weight is 251 g/mol. The highest BCUT2D eigenvalue weighted by Crippen LogP contribution is 2.26. The minimum absolute atomic E-state index is 0.492. The molecule has 2 aliphatic rings. The van der Waals surface area contributed by atoms with Gasteiger partial charge in [0.2, 0.25) is 0 Å². The van der Waals surface area contributed by atoms with Crippen molar-refractivity contribution in [1.29, 1.82) is 0 Å². The van der Waals surface area contributed by atoms with E-state index in [-0.39, 0.29) is 0 Å². The van der Waals surface area contributed by atoms with Crippen LogP contribution in [0.4, 0.5) is 0 Å². The van der Waals surface area contributed by atoms with Gasteiger partial charge in [-0.25, -0.2) is 0 Å². The van der Waals surface area contributed by atoms with Crippen LogP contribution < -0.4 is 0 Å². The summed E-state index contributed by atoms with van der Waals surface area (Å²) < 4.78 is 10.7. The predicted octanol–water partition coefficient (Wildman–Crippen LogP) is 1.30. The van der Waals surface area contributed by atoms with Crippen molar-refractivity contribution in [2.45, 2.75) is 24.9 Å². The molecule has 1 aromatic heterocycles. The van der Waals surface area contributed by atoms with Gasteiger partial charge in [-0.05, 0) is 30.9 Å². The lowest BCUT2D eigenvalue weighted by Crippen LogP contribution is -2.56. The molecule has 4 nitrogen and oxygen atoms in total. The predicted molar refractivity (Wildman–Crippen MR) is 67.3 cm³/mol. The van der Waals surface area contributed by atoms with E-state index in [1.165, 1.54) is 0 Å². The zero-order valence-electron chi connectivity index (χ0n) is 10.7. The molecule has 100 valence electrons. The summed E-state index contributed by atoms with van der Waals surface area (Å²) >= 11 is 0. The quantitative estimate of drug-likeness (QED) is 0.876. The Labute approximate surface area is 108 Å². The third-order valence-corrected chi connectivity index (χ3v) is 3.92. The molecule has 2 aliphatic heterocycles. The third kappa shape index (κ3) is 2.76. The Balaban J connectivity index is 1.42. The van der Waals surface area contributed by atoms with Gasteiger partial charge in [0.05, 0.1) is 12.9 Å². The first-order valence-electron chi connectivity index (χ1n) is 6.78. The van der Waals surface area contributed by atoms with Crippen LogP contribution in [0.1, 0.15) is 18.6 Å². The van der Waals surface area contributed by atoms with Gasteiger partial charge in [0, 0.05) is 32.7 Å². The van der Waals surface area contributed by atoms with E-state index in [2.05, 4.69) is 4.90 Å². The van der Waals surface area contributed by atoms with Crippen LogP contribution in [0.5, 0.6) is 0 Å². The maximum atomic E-state index is 10.4. The van der Waals surface area contributed by atoms with Gasteiger partial charge in [-0.3, -0.25) is 4.90 Å². The van der Waals surface area contributed by atoms with Crippen LogP contribution in [-0.4, -0.2) is 48.5 Å². The second kappa shape index (κ2) is 5.03. The van der Waals surface area contributed by atoms with Crippen molar-refractivity contribution >= 4 is 0 Å². The van der Waals surface area contributed by atoms with E-state index >= 15 is 0 Å². The van der Waals surface area contributed by atoms with Crippen molar-refractivity contribution < 1.29 is 14.3 Å². The number of β-amino-alcohol motifs (C(OH)–C–C–N with tert-alkyl or cyclic N) is 1. The second-order valence-corrected chi connectivity index (χ2v) is 5.72. The molecule has 2 fully saturated rings. The molecule has 18 heavy (non-hydrogen) atoms. The molecule has 0 aromatic carbocycles. The molecule has 0 aliphatic carbocycles. The van der Waals surface area contributed by atoms with Gasteiger partial charge in [-0.15, -0.1) is 0 Å². The fourth-order valence-corrected chi connectivity index (χ4v) is 3.03. The van der Waals surface area contributed by atoms with Gasteiger partial charge < -0.3 is 14.3 Å². The second-order valence-electron chi connectivity index (χ2n) is 5.72. The third-order valence-electron chi connectivity index (χ3n) is 3.92. The van der Waals surface area contributed by atoms with Crippen LogP contribution in [0.3, 0.4) is 0 Å². The Kier molecular flexibility index (Phi) is 3.41. The molecule has 3 rings (SSSR count). The van der Waals surface area contributed by atoms with Crippen molar-refractivity contribution in [3.8, 4) is 0 Å². The molecular formula is C14H21NO3. The summed E-state index contributed by atoms with van der Waals surface area (Å²) in [5.74, 6) is 1.74. The summed E-state index contributed by atoms with van der Waals surface area (Å²) in [4.78, 5) is 2.32. The molecule has 3 heterocycles. The zero-order chi connectivity index (χ0) is 12.4. The van der Waals surface area contributed by atoms with Gasteiger partial charge >= 0.3 is 0 Å². The Morgan fingerprint density at radius 3 is 3.00 bits per heavy atom. The van der Waals surface area contributed by atoms with Gasteiger partial charge in [0.1, 0.15) is 11.4 Å². The van der Waals surface area contributed by atoms with Crippen LogP contribution in [0, 0.1) is 5.92 Å². The molecule has 2 saturated heterocycles. The lowest BCUT2D eigenvalue weighted by Gasteiger charge is -2.44. The molecule has 1 N–H and O–H groups in total. The van der Waals surface area contributed by atoms with Crippen molar-refractivity contribution in [3.63, 3.8) is 0 Å². The first-order valence-corrected chi connectivity index (χ1v) is 6.78. The summed E-state index contributed by atoms with van der Waals surface area (Å²) in [5.41, 5.74) is -0.617. The number of rotatable bonds is 4. The summed E-state index contributed by atoms with van der Waals surface area (Å²) in [6.07, 6.45) is 4.58. The standard InChI is InChI=1S/C14H21NO3/c16-14(4-2-5-17-11-14)10-15-8-12(9-15)7-13-3-1-6-18-13/h1,3,6,12,16H,2,4-5,7-11H2. The summed E-state index contributed by atoms with van der Waals surface area (Å²) in [6, 6.07) is 3.97. The molecule has 1 aromatic rings. The highest BCUT2D eigenvalue weighted by Gasteiger charge is 2.37. The topological polar surface area (TPSA) is 45.8 Å². The Hall–Kier alpha value is -0.840. The minimum Gasteiger partial charge on any atom is -0.469 e. The van der Waals surface area contributed by atoms with Crippen molar-refractivity contribution in [3.05, 3.63) is 24.2 Å². The number of ether oxygens (including phenoxy) is 1. The maximum absolute atomic E-state index is 10.4. The molecule has 0 amide bonds. The lowest BCUT2D eigenvalue weighted by molar-refractivity contribution is -0.113. The minimum atomic E-state index is -0.617. The number of hydrogen-bond acceptors (Lipinski definition) is 4. The molecule has 0 saturated carbocycles. The van der Waals surface area contributed by atoms with Crippen LogP contribution in [0.2, 0.25) is 0 Å². The van der Waals surface area contributed by atoms with E-state index in [1.54, 1.807) is 6.26 Å². The van der Waals surface area contributed by atoms with E-state index in [4.69, 9.17) is 9.15 Å². The number of likely N-dealkylation sites (tertiary alicyclic amines) is 1. The molecule has 4 heteroatoms. The van der Waals surface area contributed by atoms with Crippen molar-refractivity contribution in [2.24, 2.45) is 5.92 Å². The van der Waals surface area contributed by atoms with Gasteiger partial charge in [0.15, 0.2) is 0 Å². The van der Waals surface area contributed by atoms with E-state index in [0.717, 1.165) is 51.3 Å². The van der Waals surface area contributed by atoms with Crippen LogP contribution in [0.15, 0.2) is 22.8 Å². The van der Waals surface area contributed by atoms with Gasteiger partial charge in [-0.1, -0.05) is 0 Å². The molecular weight excluding hydrogens is 230 g/mol. The molecule has 0 spiro atoms. The number of aliphatic hydroxyl groups is 1. The Morgan fingerprint density at radius 2 is 2.33 bits per heavy atom. The number of nitrogens with zero attached hydrogens (tertiary/aromatic N) is 1. The lowest BCUT2D eigenvalue weighted by atomic mass is 9.90. The van der Waals surface area contributed by atoms with Crippen LogP contribution >= 0.6 is 0 Å². The van der Waals surface area contributed by atoms with Crippen molar-refractivity contribution in [1.82, 2.24) is 4.90 Å². The largest absolute Gasteiger partial charge is 0.469 e. The van der Waals surface area contributed by atoms with E-state index in [1.807, 2.05) is 12.1 Å². The highest BCUT2D eigenvalue weighted by molar-refractivity contribution is 5.02. The highest BCUT2D eigenvalue weighted by atomic mass is 16.5. The molecule has 1 unspecified atom stereocenters. The number of hydrogen-bond donors (Lipinski definition) is 1. The van der Waals surface area contributed by atoms with E-state index in [9.17, 15) is 5.11 Å². The summed E-state index contributed by atoms with van der Waals surface area (Å²) in [6.45, 7) is 4.16. The normalized spacial score (nSPS) is 30.3. The fraction of sp³-hybridized carbons (Fsp3) is 0.714. The zero-order valence-corrected chi connectivity index (χ0v) is 10.7. The smallest absolute Gasteiger partial charge is 0.104 e. The maximum Gasteiger partial charge on any atom is 0.104 e. The Morgan fingerprint density at radius 1 is 1.44 bits per heavy atom.